The molecule has 1 N–H and O–H groups in total. The van der Waals surface area contributed by atoms with E-state index in [9.17, 15) is 0 Å². The van der Waals surface area contributed by atoms with Crippen molar-refractivity contribution in [1.82, 2.24) is 10.1 Å². The Labute approximate surface area is 89.4 Å². The molecule has 0 aliphatic rings. The van der Waals surface area contributed by atoms with Crippen molar-refractivity contribution in [1.29, 1.82) is 0 Å². The lowest BCUT2D eigenvalue weighted by molar-refractivity contribution is 0.0555. The summed E-state index contributed by atoms with van der Waals surface area (Å²) in [4.78, 5) is 4.23. The second kappa shape index (κ2) is 5.82. The van der Waals surface area contributed by atoms with Gasteiger partial charge in [-0.1, -0.05) is 19.0 Å². The summed E-state index contributed by atoms with van der Waals surface area (Å²) < 4.78 is 10.3. The molecular weight excluding hydrogens is 196 g/mol. The molecule has 0 aromatic carbocycles. The van der Waals surface area contributed by atoms with Gasteiger partial charge in [-0.2, -0.15) is 4.98 Å². The Balaban J connectivity index is 2.65. The number of hydrogen-bond donors (Lipinski definition) is 1. The fourth-order valence-electron chi connectivity index (χ4n) is 1.39. The molecule has 15 heavy (non-hydrogen) atoms. The Morgan fingerprint density at radius 2 is 2.20 bits per heavy atom. The highest BCUT2D eigenvalue weighted by molar-refractivity contribution is 4.92. The molecule has 5 heteroatoms. The molecule has 1 aromatic heterocycles. The molecule has 0 fully saturated rings. The van der Waals surface area contributed by atoms with Gasteiger partial charge in [-0.25, -0.2) is 0 Å². The van der Waals surface area contributed by atoms with Crippen molar-refractivity contribution < 1.29 is 14.4 Å². The number of aliphatic hydroxyl groups excluding tert-OH is 1. The fourth-order valence-corrected chi connectivity index (χ4v) is 1.39. The molecule has 1 aromatic rings. The first-order valence-electron chi connectivity index (χ1n) is 5.15. The maximum absolute atomic E-state index is 8.66. The number of aromatic nitrogens is 2. The third-order valence-electron chi connectivity index (χ3n) is 2.15. The molecule has 1 unspecified atom stereocenters. The summed E-state index contributed by atoms with van der Waals surface area (Å²) in [5, 5.41) is 12.5. The van der Waals surface area contributed by atoms with Crippen LogP contribution in [0, 0.1) is 5.92 Å². The van der Waals surface area contributed by atoms with Crippen LogP contribution >= 0.6 is 0 Å². The van der Waals surface area contributed by atoms with Gasteiger partial charge in [0.25, 0.3) is 0 Å². The van der Waals surface area contributed by atoms with Gasteiger partial charge in [-0.05, 0) is 12.3 Å². The highest BCUT2D eigenvalue weighted by atomic mass is 16.5. The molecule has 0 saturated heterocycles. The smallest absolute Gasteiger partial charge is 0.226 e. The fraction of sp³-hybridized carbons (Fsp3) is 0.800. The van der Waals surface area contributed by atoms with E-state index in [0.717, 1.165) is 0 Å². The summed E-state index contributed by atoms with van der Waals surface area (Å²) >= 11 is 0. The molecule has 0 aliphatic heterocycles. The first kappa shape index (κ1) is 12.1. The molecule has 1 rings (SSSR count). The molecule has 1 atom stereocenters. The molecule has 86 valence electrons. The predicted octanol–water partition coefficient (Wildman–Crippen LogP) is 1.34. The van der Waals surface area contributed by atoms with E-state index >= 15 is 0 Å². The number of aliphatic hydroxyl groups is 1. The van der Waals surface area contributed by atoms with Crippen LogP contribution in [0.5, 0.6) is 0 Å². The molecule has 1 heterocycles. The Hall–Kier alpha value is -0.940. The van der Waals surface area contributed by atoms with Gasteiger partial charge in [0, 0.05) is 20.1 Å². The van der Waals surface area contributed by atoms with Crippen LogP contribution in [0.4, 0.5) is 0 Å². The lowest BCUT2D eigenvalue weighted by Gasteiger charge is -2.14. The number of aryl methyl sites for hydroxylation is 1. The van der Waals surface area contributed by atoms with Crippen LogP contribution in [0.1, 0.15) is 38.1 Å². The van der Waals surface area contributed by atoms with Crippen LogP contribution in [0.15, 0.2) is 4.52 Å². The SMILES string of the molecule is COC(c1noc(CCCO)n1)C(C)C. The first-order chi connectivity index (χ1) is 7.19. The highest BCUT2D eigenvalue weighted by Crippen LogP contribution is 2.22. The third kappa shape index (κ3) is 3.28. The van der Waals surface area contributed by atoms with Gasteiger partial charge in [-0.15, -0.1) is 0 Å². The van der Waals surface area contributed by atoms with Gasteiger partial charge < -0.3 is 14.4 Å². The topological polar surface area (TPSA) is 68.4 Å². The average molecular weight is 214 g/mol. The van der Waals surface area contributed by atoms with Crippen LogP contribution < -0.4 is 0 Å². The lowest BCUT2D eigenvalue weighted by Crippen LogP contribution is -2.10. The van der Waals surface area contributed by atoms with Crippen LogP contribution in [0.25, 0.3) is 0 Å². The molecule has 0 radical (unpaired) electrons. The van der Waals surface area contributed by atoms with Gasteiger partial charge in [0.15, 0.2) is 0 Å². The Morgan fingerprint density at radius 3 is 2.73 bits per heavy atom. The molecule has 0 spiro atoms. The van der Waals surface area contributed by atoms with Crippen LogP contribution in [0.2, 0.25) is 0 Å². The summed E-state index contributed by atoms with van der Waals surface area (Å²) in [5.74, 6) is 1.44. The maximum Gasteiger partial charge on any atom is 0.226 e. The zero-order chi connectivity index (χ0) is 11.3. The van der Waals surface area contributed by atoms with Crippen molar-refractivity contribution >= 4 is 0 Å². The van der Waals surface area contributed by atoms with E-state index in [1.165, 1.54) is 0 Å². The zero-order valence-electron chi connectivity index (χ0n) is 9.43. The van der Waals surface area contributed by atoms with E-state index in [0.29, 0.717) is 30.5 Å². The monoisotopic (exact) mass is 214 g/mol. The lowest BCUT2D eigenvalue weighted by atomic mass is 10.1. The van der Waals surface area contributed by atoms with Crippen molar-refractivity contribution in [3.05, 3.63) is 11.7 Å². The standard InChI is InChI=1S/C10H18N2O3/c1-7(2)9(14-3)10-11-8(15-12-10)5-4-6-13/h7,9,13H,4-6H2,1-3H3. The van der Waals surface area contributed by atoms with Crippen molar-refractivity contribution in [2.24, 2.45) is 5.92 Å². The van der Waals surface area contributed by atoms with Crippen molar-refractivity contribution in [3.63, 3.8) is 0 Å². The minimum Gasteiger partial charge on any atom is -0.396 e. The van der Waals surface area contributed by atoms with Gasteiger partial charge in [0.05, 0.1) is 0 Å². The van der Waals surface area contributed by atoms with Gasteiger partial charge in [0.2, 0.25) is 11.7 Å². The quantitative estimate of drug-likeness (QED) is 0.773. The van der Waals surface area contributed by atoms with Crippen LogP contribution in [-0.2, 0) is 11.2 Å². The van der Waals surface area contributed by atoms with Crippen LogP contribution in [0.3, 0.4) is 0 Å². The minimum atomic E-state index is -0.128. The Kier molecular flexibility index (Phi) is 4.71. The van der Waals surface area contributed by atoms with Crippen LogP contribution in [-0.4, -0.2) is 29.0 Å². The molecule has 0 bridgehead atoms. The van der Waals surface area contributed by atoms with Gasteiger partial charge in [-0.3, -0.25) is 0 Å². The second-order valence-corrected chi connectivity index (χ2v) is 3.77. The molecular formula is C10H18N2O3. The molecule has 0 aliphatic carbocycles. The number of rotatable bonds is 6. The first-order valence-corrected chi connectivity index (χ1v) is 5.15. The summed E-state index contributed by atoms with van der Waals surface area (Å²) in [7, 11) is 1.63. The number of ether oxygens (including phenoxy) is 1. The van der Waals surface area contributed by atoms with Gasteiger partial charge >= 0.3 is 0 Å². The number of hydrogen-bond acceptors (Lipinski definition) is 5. The summed E-state index contributed by atoms with van der Waals surface area (Å²) in [6, 6.07) is 0. The Bertz CT molecular complexity index is 286. The van der Waals surface area contributed by atoms with Gasteiger partial charge in [0.1, 0.15) is 6.10 Å². The number of methoxy groups -OCH3 is 1. The maximum atomic E-state index is 8.66. The normalized spacial score (nSPS) is 13.4. The molecule has 5 nitrogen and oxygen atoms in total. The highest BCUT2D eigenvalue weighted by Gasteiger charge is 2.20. The molecule has 0 amide bonds. The van der Waals surface area contributed by atoms with Crippen molar-refractivity contribution in [3.8, 4) is 0 Å². The Morgan fingerprint density at radius 1 is 1.47 bits per heavy atom. The van der Waals surface area contributed by atoms with E-state index in [2.05, 4.69) is 10.1 Å². The predicted molar refractivity (Wildman–Crippen MR) is 54.3 cm³/mol. The van der Waals surface area contributed by atoms with E-state index < -0.39 is 0 Å². The summed E-state index contributed by atoms with van der Waals surface area (Å²) in [5.41, 5.74) is 0. The van der Waals surface area contributed by atoms with E-state index in [1.54, 1.807) is 7.11 Å². The van der Waals surface area contributed by atoms with Crippen molar-refractivity contribution in [2.75, 3.05) is 13.7 Å². The largest absolute Gasteiger partial charge is 0.396 e. The zero-order valence-corrected chi connectivity index (χ0v) is 9.43. The second-order valence-electron chi connectivity index (χ2n) is 3.77. The van der Waals surface area contributed by atoms with E-state index in [4.69, 9.17) is 14.4 Å². The van der Waals surface area contributed by atoms with E-state index in [-0.39, 0.29) is 12.7 Å². The number of nitrogens with zero attached hydrogens (tertiary/aromatic N) is 2. The average Bonchev–Trinajstić information content (AvgIpc) is 2.64. The van der Waals surface area contributed by atoms with E-state index in [1.807, 2.05) is 13.8 Å². The summed E-state index contributed by atoms with van der Waals surface area (Å²) in [6.07, 6.45) is 1.12. The molecule has 0 saturated carbocycles. The summed E-state index contributed by atoms with van der Waals surface area (Å²) in [6.45, 7) is 4.21. The van der Waals surface area contributed by atoms with Crippen molar-refractivity contribution in [2.45, 2.75) is 32.8 Å². The third-order valence-corrected chi connectivity index (χ3v) is 2.15. The minimum absolute atomic E-state index is 0.128.